The minimum Gasteiger partial charge on any atom is -0.492 e. The van der Waals surface area contributed by atoms with Gasteiger partial charge in [0.1, 0.15) is 15.9 Å². The molecule has 1 saturated heterocycles. The van der Waals surface area contributed by atoms with E-state index in [0.29, 0.717) is 40.3 Å². The number of nitrogens with one attached hydrogen (secondary N) is 2. The fourth-order valence-electron chi connectivity index (χ4n) is 4.72. The van der Waals surface area contributed by atoms with Gasteiger partial charge in [0.05, 0.1) is 18.0 Å². The second kappa shape index (κ2) is 7.09. The van der Waals surface area contributed by atoms with Gasteiger partial charge in [0, 0.05) is 25.2 Å². The molecular weight excluding hydrogens is 407 g/mol. The maximum Gasteiger partial charge on any atom is 0.271 e. The highest BCUT2D eigenvalue weighted by molar-refractivity contribution is 7.12. The van der Waals surface area contributed by atoms with Crippen LogP contribution in [0.4, 0.5) is 10.1 Å². The van der Waals surface area contributed by atoms with Crippen molar-refractivity contribution in [3.05, 3.63) is 32.5 Å². The maximum absolute atomic E-state index is 15.4. The van der Waals surface area contributed by atoms with Crippen LogP contribution < -0.4 is 25.9 Å². The van der Waals surface area contributed by atoms with E-state index in [9.17, 15) is 9.59 Å². The number of methoxy groups -OCH3 is 1. The summed E-state index contributed by atoms with van der Waals surface area (Å²) in [6.07, 6.45) is 2.87. The van der Waals surface area contributed by atoms with Crippen molar-refractivity contribution in [2.24, 2.45) is 5.92 Å². The predicted octanol–water partition coefficient (Wildman–Crippen LogP) is 2.82. The van der Waals surface area contributed by atoms with Crippen LogP contribution in [0.1, 0.15) is 32.2 Å². The number of anilines is 1. The molecule has 3 heterocycles. The van der Waals surface area contributed by atoms with Gasteiger partial charge in [0.15, 0.2) is 11.6 Å². The highest BCUT2D eigenvalue weighted by Gasteiger charge is 2.35. The van der Waals surface area contributed by atoms with Crippen molar-refractivity contribution in [2.75, 3.05) is 32.1 Å². The van der Waals surface area contributed by atoms with E-state index >= 15 is 4.39 Å². The molecule has 1 saturated carbocycles. The van der Waals surface area contributed by atoms with Gasteiger partial charge in [-0.1, -0.05) is 0 Å². The Kier molecular flexibility index (Phi) is 4.62. The van der Waals surface area contributed by atoms with Gasteiger partial charge in [0.2, 0.25) is 5.43 Å². The molecule has 1 unspecified atom stereocenters. The van der Waals surface area contributed by atoms with Crippen LogP contribution in [0, 0.1) is 11.7 Å². The summed E-state index contributed by atoms with van der Waals surface area (Å²) in [4.78, 5) is 28.0. The van der Waals surface area contributed by atoms with Crippen LogP contribution in [0.25, 0.3) is 21.1 Å². The van der Waals surface area contributed by atoms with Gasteiger partial charge in [0.25, 0.3) is 5.56 Å². The molecule has 1 aliphatic carbocycles. The van der Waals surface area contributed by atoms with Crippen molar-refractivity contribution in [1.29, 1.82) is 0 Å². The van der Waals surface area contributed by atoms with E-state index in [1.54, 1.807) is 0 Å². The summed E-state index contributed by atoms with van der Waals surface area (Å²) in [6, 6.07) is 1.80. The van der Waals surface area contributed by atoms with Gasteiger partial charge in [-0.2, -0.15) is 0 Å². The molecule has 5 rings (SSSR count). The molecule has 0 spiro atoms. The van der Waals surface area contributed by atoms with Crippen molar-refractivity contribution in [1.82, 2.24) is 14.3 Å². The molecule has 0 bridgehead atoms. The van der Waals surface area contributed by atoms with Crippen molar-refractivity contribution in [2.45, 2.75) is 38.3 Å². The first-order chi connectivity index (χ1) is 14.5. The summed E-state index contributed by atoms with van der Waals surface area (Å²) < 4.78 is 25.9. The fraction of sp³-hybridized carbons (Fsp3) is 0.524. The molecule has 160 valence electrons. The third-order valence-corrected chi connectivity index (χ3v) is 7.50. The SMILES string of the molecule is CN[C@@H](C)C1CCN(c2c(F)cc3c(=O)c4c(=O)[nH]sc4n(C4CC4)c3c2OC)C1. The zero-order valence-electron chi connectivity index (χ0n) is 17.3. The summed E-state index contributed by atoms with van der Waals surface area (Å²) in [5.41, 5.74) is 0.149. The summed E-state index contributed by atoms with van der Waals surface area (Å²) in [5.74, 6) is 0.301. The molecule has 2 atom stereocenters. The van der Waals surface area contributed by atoms with Crippen molar-refractivity contribution >= 4 is 38.3 Å². The second-order valence-electron chi connectivity index (χ2n) is 8.35. The van der Waals surface area contributed by atoms with Gasteiger partial charge in [-0.05, 0) is 56.8 Å². The van der Waals surface area contributed by atoms with Gasteiger partial charge < -0.3 is 19.5 Å². The van der Waals surface area contributed by atoms with E-state index in [2.05, 4.69) is 16.6 Å². The normalized spacial score (nSPS) is 20.4. The van der Waals surface area contributed by atoms with Crippen molar-refractivity contribution in [3.63, 3.8) is 0 Å². The summed E-state index contributed by atoms with van der Waals surface area (Å²) in [6.45, 7) is 3.58. The number of nitrogens with zero attached hydrogens (tertiary/aromatic N) is 2. The Morgan fingerprint density at radius 2 is 2.10 bits per heavy atom. The van der Waals surface area contributed by atoms with Gasteiger partial charge in [-0.25, -0.2) is 4.39 Å². The largest absolute Gasteiger partial charge is 0.492 e. The van der Waals surface area contributed by atoms with E-state index in [0.717, 1.165) is 37.3 Å². The molecule has 0 radical (unpaired) electrons. The van der Waals surface area contributed by atoms with Crippen LogP contribution in [0.2, 0.25) is 0 Å². The summed E-state index contributed by atoms with van der Waals surface area (Å²) in [7, 11) is 3.46. The lowest BCUT2D eigenvalue weighted by Gasteiger charge is -2.25. The first-order valence-electron chi connectivity index (χ1n) is 10.3. The van der Waals surface area contributed by atoms with E-state index in [-0.39, 0.29) is 16.8 Å². The first-order valence-corrected chi connectivity index (χ1v) is 11.2. The average Bonchev–Trinajstić information content (AvgIpc) is 3.33. The Labute approximate surface area is 176 Å². The Bertz CT molecular complexity index is 1260. The highest BCUT2D eigenvalue weighted by Crippen LogP contribution is 2.46. The number of benzene rings is 1. The third kappa shape index (κ3) is 2.79. The van der Waals surface area contributed by atoms with Crippen LogP contribution >= 0.6 is 11.5 Å². The second-order valence-corrected chi connectivity index (χ2v) is 9.15. The minimum atomic E-state index is -0.484. The summed E-state index contributed by atoms with van der Waals surface area (Å²) in [5, 5.41) is 3.60. The monoisotopic (exact) mass is 432 g/mol. The lowest BCUT2D eigenvalue weighted by molar-refractivity contribution is 0.411. The minimum absolute atomic E-state index is 0.109. The molecule has 7 nitrogen and oxygen atoms in total. The number of halogens is 1. The molecule has 1 aromatic carbocycles. The lowest BCUT2D eigenvalue weighted by Crippen LogP contribution is -2.33. The predicted molar refractivity (Wildman–Crippen MR) is 118 cm³/mol. The van der Waals surface area contributed by atoms with Crippen LogP contribution in [0.15, 0.2) is 15.7 Å². The number of fused-ring (bicyclic) bond motifs is 2. The number of hydrogen-bond donors (Lipinski definition) is 2. The number of H-pyrrole nitrogens is 1. The fourth-order valence-corrected chi connectivity index (χ4v) is 5.64. The number of aromatic nitrogens is 2. The number of rotatable bonds is 5. The molecule has 2 N–H and O–H groups in total. The number of aromatic amines is 1. The van der Waals surface area contributed by atoms with E-state index in [1.807, 2.05) is 16.5 Å². The molecule has 9 heteroatoms. The van der Waals surface area contributed by atoms with Crippen LogP contribution in [-0.4, -0.2) is 42.2 Å². The molecule has 0 amide bonds. The number of pyridine rings is 1. The van der Waals surface area contributed by atoms with Crippen LogP contribution in [0.5, 0.6) is 5.75 Å². The molecule has 2 fully saturated rings. The molecule has 2 aliphatic rings. The number of hydrogen-bond acceptors (Lipinski definition) is 6. The Hall–Kier alpha value is -2.39. The molecule has 1 aliphatic heterocycles. The number of ether oxygens (including phenoxy) is 1. The Morgan fingerprint density at radius 1 is 1.33 bits per heavy atom. The molecule has 3 aromatic rings. The molecule has 30 heavy (non-hydrogen) atoms. The van der Waals surface area contributed by atoms with E-state index in [1.165, 1.54) is 13.2 Å². The van der Waals surface area contributed by atoms with Crippen molar-refractivity contribution in [3.8, 4) is 5.75 Å². The molecule has 2 aromatic heterocycles. The zero-order valence-corrected chi connectivity index (χ0v) is 18.1. The van der Waals surface area contributed by atoms with E-state index in [4.69, 9.17) is 4.74 Å². The smallest absolute Gasteiger partial charge is 0.271 e. The van der Waals surface area contributed by atoms with Crippen molar-refractivity contribution < 1.29 is 9.13 Å². The van der Waals surface area contributed by atoms with Crippen LogP contribution in [0.3, 0.4) is 0 Å². The average molecular weight is 433 g/mol. The lowest BCUT2D eigenvalue weighted by atomic mass is 10.0. The first kappa shape index (κ1) is 19.6. The highest BCUT2D eigenvalue weighted by atomic mass is 32.1. The van der Waals surface area contributed by atoms with Gasteiger partial charge in [-0.15, -0.1) is 0 Å². The zero-order chi connectivity index (χ0) is 21.2. The topological polar surface area (TPSA) is 79.4 Å². The van der Waals surface area contributed by atoms with E-state index < -0.39 is 16.8 Å². The quantitative estimate of drug-likeness (QED) is 0.648. The Morgan fingerprint density at radius 3 is 2.77 bits per heavy atom. The van der Waals surface area contributed by atoms with Gasteiger partial charge >= 0.3 is 0 Å². The maximum atomic E-state index is 15.4. The summed E-state index contributed by atoms with van der Waals surface area (Å²) >= 11 is 1.16. The molecular formula is C21H25FN4O3S. The van der Waals surface area contributed by atoms with Crippen LogP contribution in [-0.2, 0) is 0 Å². The standard InChI is InChI=1S/C21H25FN4O3S/c1-10(23-2)11-6-7-25(9-11)17-14(22)8-13-16(19(17)29-3)26(12-4-5-12)21-15(18(13)27)20(28)24-30-21/h8,10-12,23H,4-7,9H2,1-3H3,(H,24,28)/t10-,11?/m0/s1. The van der Waals surface area contributed by atoms with Gasteiger partial charge in [-0.3, -0.25) is 14.0 Å². The third-order valence-electron chi connectivity index (χ3n) is 6.61. The Balaban J connectivity index is 1.79.